The van der Waals surface area contributed by atoms with Gasteiger partial charge in [0.1, 0.15) is 0 Å². The van der Waals surface area contributed by atoms with Crippen LogP contribution in [-0.2, 0) is 0 Å². The van der Waals surface area contributed by atoms with Gasteiger partial charge >= 0.3 is 6.03 Å². The molecule has 0 radical (unpaired) electrons. The second kappa shape index (κ2) is 7.24. The van der Waals surface area contributed by atoms with Gasteiger partial charge in [0.05, 0.1) is 0 Å². The van der Waals surface area contributed by atoms with Crippen LogP contribution in [-0.4, -0.2) is 54.0 Å². The van der Waals surface area contributed by atoms with Crippen LogP contribution in [0.4, 0.5) is 4.79 Å². The van der Waals surface area contributed by atoms with Gasteiger partial charge in [0.25, 0.3) is 5.91 Å². The third kappa shape index (κ3) is 3.71. The minimum Gasteiger partial charge on any atom is -0.336 e. The molecule has 1 saturated heterocycles. The quantitative estimate of drug-likeness (QED) is 0.906. The first kappa shape index (κ1) is 18.3. The molecular formula is C19H29N3O2. The van der Waals surface area contributed by atoms with Crippen LogP contribution in [0.3, 0.4) is 0 Å². The van der Waals surface area contributed by atoms with Crippen LogP contribution in [0.5, 0.6) is 0 Å². The number of aryl methyl sites for hydroxylation is 2. The summed E-state index contributed by atoms with van der Waals surface area (Å²) in [6.07, 6.45) is 0. The molecule has 1 fully saturated rings. The number of rotatable bonds is 2. The summed E-state index contributed by atoms with van der Waals surface area (Å²) in [5, 5.41) is 2.90. The minimum atomic E-state index is -0.0455. The monoisotopic (exact) mass is 331 g/mol. The molecule has 5 heteroatoms. The van der Waals surface area contributed by atoms with E-state index < -0.39 is 0 Å². The highest BCUT2D eigenvalue weighted by atomic mass is 16.2. The normalized spacial score (nSPS) is 15.0. The van der Waals surface area contributed by atoms with Crippen LogP contribution in [0.1, 0.15) is 46.5 Å². The van der Waals surface area contributed by atoms with Gasteiger partial charge < -0.3 is 15.1 Å². The van der Waals surface area contributed by atoms with E-state index in [4.69, 9.17) is 0 Å². The molecule has 1 aliphatic rings. The Morgan fingerprint density at radius 2 is 1.38 bits per heavy atom. The van der Waals surface area contributed by atoms with Crippen molar-refractivity contribution in [3.05, 3.63) is 33.9 Å². The topological polar surface area (TPSA) is 52.7 Å². The number of carbonyl (C=O) groups is 2. The Balaban J connectivity index is 2.10. The fraction of sp³-hybridized carbons (Fsp3) is 0.579. The van der Waals surface area contributed by atoms with Crippen LogP contribution < -0.4 is 5.32 Å². The average Bonchev–Trinajstić information content (AvgIpc) is 2.52. The van der Waals surface area contributed by atoms with Gasteiger partial charge in [0.2, 0.25) is 0 Å². The van der Waals surface area contributed by atoms with E-state index in [9.17, 15) is 9.59 Å². The molecule has 0 spiro atoms. The van der Waals surface area contributed by atoms with Gasteiger partial charge in [0, 0.05) is 37.8 Å². The van der Waals surface area contributed by atoms with E-state index in [1.165, 1.54) is 0 Å². The molecule has 0 atom stereocenters. The molecule has 0 bridgehead atoms. The lowest BCUT2D eigenvalue weighted by molar-refractivity contribution is 0.0662. The van der Waals surface area contributed by atoms with E-state index in [0.717, 1.165) is 27.8 Å². The summed E-state index contributed by atoms with van der Waals surface area (Å²) in [5.74, 6) is 0.0840. The summed E-state index contributed by atoms with van der Waals surface area (Å²) >= 11 is 0. The van der Waals surface area contributed by atoms with Crippen molar-refractivity contribution in [2.24, 2.45) is 0 Å². The average molecular weight is 331 g/mol. The van der Waals surface area contributed by atoms with Crippen LogP contribution in [0.25, 0.3) is 0 Å². The highest BCUT2D eigenvalue weighted by Crippen LogP contribution is 2.23. The number of nitrogens with zero attached hydrogens (tertiary/aromatic N) is 2. The number of piperazine rings is 1. The zero-order valence-electron chi connectivity index (χ0n) is 15.7. The van der Waals surface area contributed by atoms with E-state index in [0.29, 0.717) is 26.2 Å². The number of nitrogens with one attached hydrogen (secondary N) is 1. The maximum atomic E-state index is 13.0. The van der Waals surface area contributed by atoms with Crippen molar-refractivity contribution in [3.63, 3.8) is 0 Å². The van der Waals surface area contributed by atoms with Gasteiger partial charge in [-0.25, -0.2) is 4.79 Å². The largest absolute Gasteiger partial charge is 0.336 e. The summed E-state index contributed by atoms with van der Waals surface area (Å²) in [7, 11) is 0. The summed E-state index contributed by atoms with van der Waals surface area (Å²) in [4.78, 5) is 28.7. The molecule has 2 rings (SSSR count). The molecule has 3 amide bonds. The maximum Gasteiger partial charge on any atom is 0.317 e. The van der Waals surface area contributed by atoms with Gasteiger partial charge in [-0.1, -0.05) is 6.07 Å². The van der Waals surface area contributed by atoms with Crippen LogP contribution in [0, 0.1) is 27.7 Å². The van der Waals surface area contributed by atoms with Gasteiger partial charge in [-0.2, -0.15) is 0 Å². The van der Waals surface area contributed by atoms with Gasteiger partial charge in [-0.05, 0) is 63.8 Å². The molecule has 5 nitrogen and oxygen atoms in total. The first-order chi connectivity index (χ1) is 11.2. The highest BCUT2D eigenvalue weighted by molar-refractivity contribution is 5.98. The Kier molecular flexibility index (Phi) is 5.52. The Morgan fingerprint density at radius 1 is 0.917 bits per heavy atom. The van der Waals surface area contributed by atoms with E-state index in [1.807, 2.05) is 46.4 Å². The van der Waals surface area contributed by atoms with Crippen molar-refractivity contribution in [1.29, 1.82) is 0 Å². The predicted molar refractivity (Wildman–Crippen MR) is 96.5 cm³/mol. The molecule has 1 aliphatic heterocycles. The Hall–Kier alpha value is -2.04. The van der Waals surface area contributed by atoms with Crippen molar-refractivity contribution in [3.8, 4) is 0 Å². The number of benzene rings is 1. The van der Waals surface area contributed by atoms with Crippen molar-refractivity contribution < 1.29 is 9.59 Å². The summed E-state index contributed by atoms with van der Waals surface area (Å²) in [5.41, 5.74) is 5.24. The number of urea groups is 1. The second-order valence-electron chi connectivity index (χ2n) is 7.02. The van der Waals surface area contributed by atoms with Crippen molar-refractivity contribution in [2.45, 2.75) is 47.6 Å². The highest BCUT2D eigenvalue weighted by Gasteiger charge is 2.27. The fourth-order valence-electron chi connectivity index (χ4n) is 3.15. The number of hydrogen-bond donors (Lipinski definition) is 1. The molecule has 1 heterocycles. The molecule has 0 aromatic heterocycles. The third-order valence-electron chi connectivity index (χ3n) is 4.85. The SMILES string of the molecule is Cc1cc(C)c(C)c(C(=O)N2CCN(C(=O)NC(C)C)CC2)c1C. The lowest BCUT2D eigenvalue weighted by Gasteiger charge is -2.35. The van der Waals surface area contributed by atoms with E-state index in [2.05, 4.69) is 11.4 Å². The molecule has 1 aromatic rings. The molecule has 0 saturated carbocycles. The van der Waals surface area contributed by atoms with Crippen LogP contribution in [0.2, 0.25) is 0 Å². The maximum absolute atomic E-state index is 13.0. The third-order valence-corrected chi connectivity index (χ3v) is 4.85. The first-order valence-corrected chi connectivity index (χ1v) is 8.64. The van der Waals surface area contributed by atoms with Crippen molar-refractivity contribution in [1.82, 2.24) is 15.1 Å². The lowest BCUT2D eigenvalue weighted by atomic mass is 9.93. The van der Waals surface area contributed by atoms with Crippen LogP contribution in [0.15, 0.2) is 6.07 Å². The van der Waals surface area contributed by atoms with E-state index in [-0.39, 0.29) is 18.0 Å². The summed E-state index contributed by atoms with van der Waals surface area (Å²) in [6, 6.07) is 2.21. The smallest absolute Gasteiger partial charge is 0.317 e. The number of amides is 3. The van der Waals surface area contributed by atoms with Crippen molar-refractivity contribution in [2.75, 3.05) is 26.2 Å². The molecular weight excluding hydrogens is 302 g/mol. The van der Waals surface area contributed by atoms with E-state index >= 15 is 0 Å². The standard InChI is InChI=1S/C19H29N3O2/c1-12(2)20-19(24)22-9-7-21(8-10-22)18(23)17-15(5)13(3)11-14(4)16(17)6/h11-12H,7-10H2,1-6H3,(H,20,24). The molecule has 24 heavy (non-hydrogen) atoms. The number of carbonyl (C=O) groups excluding carboxylic acids is 2. The summed E-state index contributed by atoms with van der Waals surface area (Å²) < 4.78 is 0. The molecule has 0 unspecified atom stereocenters. The Bertz CT molecular complexity index is 618. The van der Waals surface area contributed by atoms with Gasteiger partial charge in [-0.15, -0.1) is 0 Å². The van der Waals surface area contributed by atoms with Gasteiger partial charge in [-0.3, -0.25) is 4.79 Å². The zero-order valence-corrected chi connectivity index (χ0v) is 15.7. The van der Waals surface area contributed by atoms with Gasteiger partial charge in [0.15, 0.2) is 0 Å². The van der Waals surface area contributed by atoms with Crippen LogP contribution >= 0.6 is 0 Å². The predicted octanol–water partition coefficient (Wildman–Crippen LogP) is 2.80. The molecule has 0 aliphatic carbocycles. The van der Waals surface area contributed by atoms with E-state index in [1.54, 1.807) is 4.90 Å². The zero-order chi connectivity index (χ0) is 18.0. The lowest BCUT2D eigenvalue weighted by Crippen LogP contribution is -2.54. The van der Waals surface area contributed by atoms with Crippen molar-refractivity contribution >= 4 is 11.9 Å². The molecule has 1 N–H and O–H groups in total. The molecule has 132 valence electrons. The first-order valence-electron chi connectivity index (χ1n) is 8.64. The Labute approximate surface area is 145 Å². The Morgan fingerprint density at radius 3 is 1.83 bits per heavy atom. The number of hydrogen-bond acceptors (Lipinski definition) is 2. The fourth-order valence-corrected chi connectivity index (χ4v) is 3.15. The summed E-state index contributed by atoms with van der Waals surface area (Å²) in [6.45, 7) is 14.3. The second-order valence-corrected chi connectivity index (χ2v) is 7.02. The minimum absolute atomic E-state index is 0.0455. The molecule has 1 aromatic carbocycles.